The summed E-state index contributed by atoms with van der Waals surface area (Å²) in [7, 11) is -3.63. The normalized spacial score (nSPS) is 13.1. The number of aliphatic hydroxyl groups excluding tert-OH is 1. The Morgan fingerprint density at radius 1 is 1.20 bits per heavy atom. The molecule has 5 heteroatoms. The van der Waals surface area contributed by atoms with Crippen LogP contribution in [-0.4, -0.2) is 31.2 Å². The van der Waals surface area contributed by atoms with Crippen molar-refractivity contribution in [2.24, 2.45) is 0 Å². The summed E-state index contributed by atoms with van der Waals surface area (Å²) in [6, 6.07) is 8.10. The van der Waals surface area contributed by atoms with Crippen LogP contribution >= 0.6 is 0 Å². The number of hydrogen-bond acceptors (Lipinski definition) is 4. The number of rotatable bonds is 9. The molecule has 112 valence electrons. The first kappa shape index (κ1) is 16.9. The lowest BCUT2D eigenvalue weighted by Gasteiger charge is -2.16. The van der Waals surface area contributed by atoms with Gasteiger partial charge in [0.1, 0.15) is 5.25 Å². The molecule has 1 aromatic rings. The molecular weight excluding hydrogens is 276 g/mol. The lowest BCUT2D eigenvalue weighted by atomic mass is 10.1. The second-order valence-corrected chi connectivity index (χ2v) is 6.91. The fourth-order valence-electron chi connectivity index (χ4n) is 2.07. The van der Waals surface area contributed by atoms with Crippen molar-refractivity contribution in [3.05, 3.63) is 30.3 Å². The zero-order chi connectivity index (χ0) is 15.0. The highest BCUT2D eigenvalue weighted by atomic mass is 32.2. The van der Waals surface area contributed by atoms with Crippen LogP contribution in [0.25, 0.3) is 0 Å². The van der Waals surface area contributed by atoms with Gasteiger partial charge in [-0.3, -0.25) is 4.79 Å². The van der Waals surface area contributed by atoms with E-state index in [-0.39, 0.29) is 23.7 Å². The highest BCUT2D eigenvalue weighted by molar-refractivity contribution is 7.92. The third-order valence-corrected chi connectivity index (χ3v) is 5.38. The van der Waals surface area contributed by atoms with E-state index in [4.69, 9.17) is 5.11 Å². The quantitative estimate of drug-likeness (QED) is 0.759. The van der Waals surface area contributed by atoms with Gasteiger partial charge in [-0.05, 0) is 25.0 Å². The summed E-state index contributed by atoms with van der Waals surface area (Å²) in [5.74, 6) is -0.295. The van der Waals surface area contributed by atoms with E-state index >= 15 is 0 Å². The van der Waals surface area contributed by atoms with Crippen molar-refractivity contribution >= 4 is 15.6 Å². The van der Waals surface area contributed by atoms with E-state index in [1.807, 2.05) is 6.92 Å². The molecule has 0 heterocycles. The van der Waals surface area contributed by atoms with Crippen LogP contribution in [0.4, 0.5) is 0 Å². The van der Waals surface area contributed by atoms with Crippen LogP contribution < -0.4 is 0 Å². The topological polar surface area (TPSA) is 71.4 Å². The molecule has 0 bridgehead atoms. The highest BCUT2D eigenvalue weighted by Gasteiger charge is 2.32. The van der Waals surface area contributed by atoms with Crippen molar-refractivity contribution in [1.82, 2.24) is 0 Å². The van der Waals surface area contributed by atoms with E-state index in [0.717, 1.165) is 6.42 Å². The Hall–Kier alpha value is -1.20. The zero-order valence-corrected chi connectivity index (χ0v) is 12.6. The minimum atomic E-state index is -3.63. The van der Waals surface area contributed by atoms with Crippen LogP contribution in [0.1, 0.15) is 39.0 Å². The van der Waals surface area contributed by atoms with Gasteiger partial charge in [0.15, 0.2) is 15.6 Å². The van der Waals surface area contributed by atoms with Crippen molar-refractivity contribution in [3.8, 4) is 0 Å². The molecule has 0 amide bonds. The molecule has 0 saturated heterocycles. The summed E-state index contributed by atoms with van der Waals surface area (Å²) in [5, 5.41) is 7.80. The summed E-state index contributed by atoms with van der Waals surface area (Å²) in [4.78, 5) is 12.3. The van der Waals surface area contributed by atoms with Gasteiger partial charge in [-0.1, -0.05) is 38.0 Å². The summed E-state index contributed by atoms with van der Waals surface area (Å²) < 4.78 is 25.1. The standard InChI is InChI=1S/C15H22O4S/c1-2-3-11-15(14(17)10-7-12-16)20(18,19)13-8-5-4-6-9-13/h4-6,8-9,15-16H,2-3,7,10-12H2,1H3. The number of hydrogen-bond donors (Lipinski definition) is 1. The maximum atomic E-state index is 12.6. The van der Waals surface area contributed by atoms with E-state index < -0.39 is 15.1 Å². The molecular formula is C15H22O4S. The lowest BCUT2D eigenvalue weighted by Crippen LogP contribution is -2.30. The van der Waals surface area contributed by atoms with Gasteiger partial charge in [0.2, 0.25) is 0 Å². The molecule has 0 aromatic heterocycles. The number of Topliss-reactive ketones (excluding diaryl/α,β-unsaturated/α-hetero) is 1. The third kappa shape index (κ3) is 4.42. The predicted octanol–water partition coefficient (Wildman–Crippen LogP) is 2.36. The van der Waals surface area contributed by atoms with Crippen molar-refractivity contribution < 1.29 is 18.3 Å². The number of unbranched alkanes of at least 4 members (excludes halogenated alkanes) is 1. The number of carbonyl (C=O) groups is 1. The third-order valence-electron chi connectivity index (χ3n) is 3.21. The summed E-state index contributed by atoms with van der Waals surface area (Å²) in [6.07, 6.45) is 2.30. The molecule has 4 nitrogen and oxygen atoms in total. The molecule has 1 rings (SSSR count). The molecule has 0 aliphatic carbocycles. The first-order valence-corrected chi connectivity index (χ1v) is 8.51. The summed E-state index contributed by atoms with van der Waals surface area (Å²) in [5.41, 5.74) is 0. The molecule has 1 unspecified atom stereocenters. The maximum absolute atomic E-state index is 12.6. The van der Waals surface area contributed by atoms with Gasteiger partial charge in [-0.2, -0.15) is 0 Å². The number of sulfone groups is 1. The van der Waals surface area contributed by atoms with E-state index in [2.05, 4.69) is 0 Å². The maximum Gasteiger partial charge on any atom is 0.188 e. The molecule has 0 saturated carbocycles. The Bertz CT molecular complexity index is 508. The van der Waals surface area contributed by atoms with Crippen LogP contribution in [0, 0.1) is 0 Å². The minimum Gasteiger partial charge on any atom is -0.396 e. The smallest absolute Gasteiger partial charge is 0.188 e. The van der Waals surface area contributed by atoms with Gasteiger partial charge in [0, 0.05) is 13.0 Å². The fourth-order valence-corrected chi connectivity index (χ4v) is 3.87. The van der Waals surface area contributed by atoms with Gasteiger partial charge < -0.3 is 5.11 Å². The van der Waals surface area contributed by atoms with Crippen molar-refractivity contribution in [3.63, 3.8) is 0 Å². The van der Waals surface area contributed by atoms with Gasteiger partial charge in [0.05, 0.1) is 4.90 Å². The van der Waals surface area contributed by atoms with E-state index in [1.54, 1.807) is 18.2 Å². The molecule has 0 radical (unpaired) electrons. The van der Waals surface area contributed by atoms with Gasteiger partial charge in [0.25, 0.3) is 0 Å². The number of carbonyl (C=O) groups excluding carboxylic acids is 1. The van der Waals surface area contributed by atoms with E-state index in [9.17, 15) is 13.2 Å². The highest BCUT2D eigenvalue weighted by Crippen LogP contribution is 2.22. The molecule has 1 N–H and O–H groups in total. The number of benzene rings is 1. The molecule has 1 aromatic carbocycles. The Balaban J connectivity index is 3.00. The van der Waals surface area contributed by atoms with E-state index in [1.165, 1.54) is 12.1 Å². The van der Waals surface area contributed by atoms with Gasteiger partial charge in [-0.15, -0.1) is 0 Å². The number of aliphatic hydroxyl groups is 1. The lowest BCUT2D eigenvalue weighted by molar-refractivity contribution is -0.119. The molecule has 0 aliphatic heterocycles. The van der Waals surface area contributed by atoms with Crippen LogP contribution in [0.3, 0.4) is 0 Å². The zero-order valence-electron chi connectivity index (χ0n) is 11.8. The second-order valence-electron chi connectivity index (χ2n) is 4.78. The Kier molecular flexibility index (Phi) is 6.88. The van der Waals surface area contributed by atoms with Crippen LogP contribution in [0.15, 0.2) is 35.2 Å². The Morgan fingerprint density at radius 2 is 1.85 bits per heavy atom. The van der Waals surface area contributed by atoms with Crippen molar-refractivity contribution in [1.29, 1.82) is 0 Å². The monoisotopic (exact) mass is 298 g/mol. The number of ketones is 1. The van der Waals surface area contributed by atoms with Gasteiger partial charge >= 0.3 is 0 Å². The fraction of sp³-hybridized carbons (Fsp3) is 0.533. The second kappa shape index (κ2) is 8.17. The van der Waals surface area contributed by atoms with Crippen LogP contribution in [-0.2, 0) is 14.6 Å². The van der Waals surface area contributed by atoms with Crippen LogP contribution in [0.2, 0.25) is 0 Å². The Morgan fingerprint density at radius 3 is 2.40 bits per heavy atom. The van der Waals surface area contributed by atoms with E-state index in [0.29, 0.717) is 19.3 Å². The SMILES string of the molecule is CCCCC(C(=O)CCCO)S(=O)(=O)c1ccccc1. The summed E-state index contributed by atoms with van der Waals surface area (Å²) >= 11 is 0. The molecule has 20 heavy (non-hydrogen) atoms. The predicted molar refractivity (Wildman–Crippen MR) is 78.3 cm³/mol. The van der Waals surface area contributed by atoms with Gasteiger partial charge in [-0.25, -0.2) is 8.42 Å². The molecule has 1 atom stereocenters. The Labute approximate surface area is 120 Å². The van der Waals surface area contributed by atoms with Crippen molar-refractivity contribution in [2.75, 3.05) is 6.61 Å². The molecule has 0 fully saturated rings. The first-order valence-electron chi connectivity index (χ1n) is 6.96. The largest absolute Gasteiger partial charge is 0.396 e. The average molecular weight is 298 g/mol. The molecule has 0 spiro atoms. The average Bonchev–Trinajstić information content (AvgIpc) is 2.46. The van der Waals surface area contributed by atoms with Crippen molar-refractivity contribution in [2.45, 2.75) is 49.2 Å². The van der Waals surface area contributed by atoms with Crippen LogP contribution in [0.5, 0.6) is 0 Å². The minimum absolute atomic E-state index is 0.0996. The molecule has 0 aliphatic rings. The first-order chi connectivity index (χ1) is 9.54. The summed E-state index contributed by atoms with van der Waals surface area (Å²) in [6.45, 7) is 1.86.